The summed E-state index contributed by atoms with van der Waals surface area (Å²) in [6.45, 7) is 4.03. The van der Waals surface area contributed by atoms with Gasteiger partial charge in [0.2, 0.25) is 11.8 Å². The molecule has 2 aromatic carbocycles. The van der Waals surface area contributed by atoms with Crippen molar-refractivity contribution in [2.45, 2.75) is 38.8 Å². The maximum Gasteiger partial charge on any atom is 0.247 e. The number of benzene rings is 2. The molecule has 8 heteroatoms. The molecular weight excluding hydrogens is 540 g/mol. The van der Waals surface area contributed by atoms with Crippen molar-refractivity contribution in [3.05, 3.63) is 79.7 Å². The fraction of sp³-hybridized carbons (Fsp3) is 0.250. The molecule has 2 aliphatic rings. The summed E-state index contributed by atoms with van der Waals surface area (Å²) in [6.07, 6.45) is 5.52. The predicted molar refractivity (Wildman–Crippen MR) is 136 cm³/mol. The molecule has 0 bridgehead atoms. The zero-order valence-corrected chi connectivity index (χ0v) is 21.1. The van der Waals surface area contributed by atoms with E-state index in [0.29, 0.717) is 0 Å². The van der Waals surface area contributed by atoms with Crippen LogP contribution in [0.1, 0.15) is 37.8 Å². The number of nitrogens with one attached hydrogen (secondary N) is 2. The minimum absolute atomic E-state index is 0. The van der Waals surface area contributed by atoms with Crippen LogP contribution in [-0.4, -0.2) is 34.9 Å². The van der Waals surface area contributed by atoms with Gasteiger partial charge in [-0.1, -0.05) is 56.1 Å². The van der Waals surface area contributed by atoms with E-state index in [4.69, 9.17) is 0 Å². The van der Waals surface area contributed by atoms with Crippen molar-refractivity contribution in [2.24, 2.45) is 0 Å². The fourth-order valence-electron chi connectivity index (χ4n) is 3.42. The van der Waals surface area contributed by atoms with Crippen LogP contribution in [-0.2, 0) is 9.59 Å². The highest BCUT2D eigenvalue weighted by Crippen LogP contribution is 2.21. The second-order valence-electron chi connectivity index (χ2n) is 7.61. The SMILES string of the molecule is C[C@H]1C/C(=C\c2cccc(Br)c2)C(=O)N1.C[C@H]1C/C(=C\c2cccc(Br)c2)C(=O)N1.O.O. The van der Waals surface area contributed by atoms with Crippen molar-refractivity contribution < 1.29 is 20.5 Å². The van der Waals surface area contributed by atoms with Crippen LogP contribution in [0, 0.1) is 0 Å². The minimum Gasteiger partial charge on any atom is -0.412 e. The van der Waals surface area contributed by atoms with Gasteiger partial charge >= 0.3 is 0 Å². The predicted octanol–water partition coefficient (Wildman–Crippen LogP) is 3.83. The van der Waals surface area contributed by atoms with Gasteiger partial charge in [-0.3, -0.25) is 9.59 Å². The minimum atomic E-state index is 0. The van der Waals surface area contributed by atoms with Crippen LogP contribution in [0.4, 0.5) is 0 Å². The first kappa shape index (κ1) is 27.8. The summed E-state index contributed by atoms with van der Waals surface area (Å²) in [6, 6.07) is 16.4. The molecule has 2 aliphatic heterocycles. The van der Waals surface area contributed by atoms with Gasteiger partial charge in [0.15, 0.2) is 0 Å². The number of hydrogen-bond donors (Lipinski definition) is 2. The van der Waals surface area contributed by atoms with E-state index in [1.807, 2.05) is 74.5 Å². The number of amides is 2. The first-order valence-electron chi connectivity index (χ1n) is 9.84. The molecule has 2 heterocycles. The summed E-state index contributed by atoms with van der Waals surface area (Å²) in [7, 11) is 0. The van der Waals surface area contributed by atoms with E-state index in [0.717, 1.165) is 44.1 Å². The van der Waals surface area contributed by atoms with Gasteiger partial charge in [-0.05, 0) is 74.2 Å². The Labute approximate surface area is 205 Å². The first-order chi connectivity index (χ1) is 14.3. The van der Waals surface area contributed by atoms with Crippen molar-refractivity contribution in [3.63, 3.8) is 0 Å². The molecule has 32 heavy (non-hydrogen) atoms. The lowest BCUT2D eigenvalue weighted by Gasteiger charge is -1.96. The van der Waals surface area contributed by atoms with Gasteiger partial charge in [0.1, 0.15) is 0 Å². The summed E-state index contributed by atoms with van der Waals surface area (Å²) in [5.41, 5.74) is 3.84. The van der Waals surface area contributed by atoms with Crippen LogP contribution in [0.5, 0.6) is 0 Å². The maximum atomic E-state index is 11.5. The smallest absolute Gasteiger partial charge is 0.247 e. The van der Waals surface area contributed by atoms with Crippen LogP contribution >= 0.6 is 31.9 Å². The van der Waals surface area contributed by atoms with Crippen molar-refractivity contribution >= 4 is 55.8 Å². The third-order valence-electron chi connectivity index (χ3n) is 4.77. The molecule has 6 nitrogen and oxygen atoms in total. The van der Waals surface area contributed by atoms with Crippen LogP contribution in [0.15, 0.2) is 68.6 Å². The highest BCUT2D eigenvalue weighted by molar-refractivity contribution is 9.10. The number of carbonyl (C=O) groups excluding carboxylic acids is 2. The lowest BCUT2D eigenvalue weighted by molar-refractivity contribution is -0.117. The van der Waals surface area contributed by atoms with Gasteiger partial charge in [-0.25, -0.2) is 0 Å². The van der Waals surface area contributed by atoms with E-state index in [1.54, 1.807) is 0 Å². The number of carbonyl (C=O) groups is 2. The van der Waals surface area contributed by atoms with E-state index in [1.165, 1.54) is 0 Å². The molecule has 0 aromatic heterocycles. The van der Waals surface area contributed by atoms with Crippen molar-refractivity contribution in [2.75, 3.05) is 0 Å². The van der Waals surface area contributed by atoms with Crippen LogP contribution in [0.3, 0.4) is 0 Å². The standard InChI is InChI=1S/2C12H12BrNO.2H2O/c2*1-8-5-10(12(15)14-8)6-9-3-2-4-11(13)7-9;;/h2*2-4,6-8H,5H2,1H3,(H,14,15);2*1H2/b2*10-6+;;/t2*8-;;/m00../s1. The monoisotopic (exact) mass is 566 g/mol. The van der Waals surface area contributed by atoms with E-state index in [-0.39, 0.29) is 34.9 Å². The molecule has 2 aromatic rings. The quantitative estimate of drug-likeness (QED) is 0.536. The normalized spacial score (nSPS) is 21.8. The van der Waals surface area contributed by atoms with Gasteiger partial charge in [0, 0.05) is 32.2 Å². The van der Waals surface area contributed by atoms with Crippen molar-refractivity contribution in [3.8, 4) is 0 Å². The average molecular weight is 568 g/mol. The highest BCUT2D eigenvalue weighted by atomic mass is 79.9. The van der Waals surface area contributed by atoms with Crippen LogP contribution in [0.2, 0.25) is 0 Å². The molecular formula is C24H28Br2N2O4. The number of rotatable bonds is 2. The summed E-state index contributed by atoms with van der Waals surface area (Å²) in [5.74, 6) is 0.116. The van der Waals surface area contributed by atoms with Gasteiger partial charge in [0.05, 0.1) is 0 Å². The van der Waals surface area contributed by atoms with Crippen LogP contribution in [0.25, 0.3) is 12.2 Å². The molecule has 2 amide bonds. The second kappa shape index (κ2) is 12.7. The Kier molecular flexibility index (Phi) is 11.0. The third kappa shape index (κ3) is 8.02. The summed E-state index contributed by atoms with van der Waals surface area (Å²) >= 11 is 6.82. The number of hydrogen-bond acceptors (Lipinski definition) is 2. The molecule has 172 valence electrons. The molecule has 0 spiro atoms. The Morgan fingerprint density at radius 3 is 1.41 bits per heavy atom. The summed E-state index contributed by atoms with van der Waals surface area (Å²) in [4.78, 5) is 23.0. The summed E-state index contributed by atoms with van der Waals surface area (Å²) < 4.78 is 2.06. The Bertz CT molecular complexity index is 939. The average Bonchev–Trinajstić information content (AvgIpc) is 3.15. The molecule has 0 saturated carbocycles. The van der Waals surface area contributed by atoms with Crippen molar-refractivity contribution in [1.29, 1.82) is 0 Å². The van der Waals surface area contributed by atoms with Crippen molar-refractivity contribution in [1.82, 2.24) is 10.6 Å². The largest absolute Gasteiger partial charge is 0.412 e. The lowest BCUT2D eigenvalue weighted by atomic mass is 10.1. The Morgan fingerprint density at radius 1 is 0.750 bits per heavy atom. The first-order valence-corrected chi connectivity index (χ1v) is 11.4. The molecule has 2 fully saturated rings. The summed E-state index contributed by atoms with van der Waals surface area (Å²) in [5, 5.41) is 5.77. The topological polar surface area (TPSA) is 121 Å². The molecule has 4 rings (SSSR count). The second-order valence-corrected chi connectivity index (χ2v) is 9.44. The highest BCUT2D eigenvalue weighted by Gasteiger charge is 2.23. The van der Waals surface area contributed by atoms with Gasteiger partial charge in [-0.2, -0.15) is 0 Å². The zero-order valence-electron chi connectivity index (χ0n) is 17.9. The van der Waals surface area contributed by atoms with Crippen LogP contribution < -0.4 is 10.6 Å². The zero-order chi connectivity index (χ0) is 21.7. The third-order valence-corrected chi connectivity index (χ3v) is 5.76. The Balaban J connectivity index is 0.000000301. The maximum absolute atomic E-state index is 11.5. The number of halogens is 2. The van der Waals surface area contributed by atoms with Gasteiger partial charge < -0.3 is 21.6 Å². The van der Waals surface area contributed by atoms with Gasteiger partial charge in [-0.15, -0.1) is 0 Å². The van der Waals surface area contributed by atoms with E-state index < -0.39 is 0 Å². The van der Waals surface area contributed by atoms with E-state index >= 15 is 0 Å². The van der Waals surface area contributed by atoms with E-state index in [2.05, 4.69) is 42.5 Å². The lowest BCUT2D eigenvalue weighted by Crippen LogP contribution is -2.21. The Hall–Kier alpha value is -2.26. The molecule has 0 unspecified atom stereocenters. The molecule has 0 radical (unpaired) electrons. The van der Waals surface area contributed by atoms with E-state index in [9.17, 15) is 9.59 Å². The van der Waals surface area contributed by atoms with Gasteiger partial charge in [0.25, 0.3) is 0 Å². The molecule has 2 saturated heterocycles. The molecule has 0 aliphatic carbocycles. The fourth-order valence-corrected chi connectivity index (χ4v) is 4.26. The molecule has 2 atom stereocenters. The molecule has 6 N–H and O–H groups in total. The Morgan fingerprint density at radius 2 is 1.12 bits per heavy atom.